The van der Waals surface area contributed by atoms with Gasteiger partial charge < -0.3 is 4.42 Å². The Hall–Kier alpha value is -1.16. The van der Waals surface area contributed by atoms with Crippen LogP contribution in [0.3, 0.4) is 0 Å². The van der Waals surface area contributed by atoms with Gasteiger partial charge in [-0.3, -0.25) is 0 Å². The number of aryl methyl sites for hydroxylation is 1. The van der Waals surface area contributed by atoms with Crippen LogP contribution < -0.4 is 0 Å². The summed E-state index contributed by atoms with van der Waals surface area (Å²) in [5.41, 5.74) is 1.34. The van der Waals surface area contributed by atoms with E-state index in [-0.39, 0.29) is 0 Å². The van der Waals surface area contributed by atoms with E-state index in [1.807, 2.05) is 6.26 Å². The molecular weight excluding hydrogens is 220 g/mol. The highest BCUT2D eigenvalue weighted by atomic mass is 16.3. The normalized spacial score (nSPS) is 10.4. The van der Waals surface area contributed by atoms with Gasteiger partial charge in [0.15, 0.2) is 0 Å². The quantitative estimate of drug-likeness (QED) is 0.378. The van der Waals surface area contributed by atoms with Gasteiger partial charge in [0, 0.05) is 6.42 Å². The lowest BCUT2D eigenvalue weighted by Gasteiger charge is -2.01. The Balaban J connectivity index is 1.75. The highest BCUT2D eigenvalue weighted by Gasteiger charge is 1.95. The number of unbranched alkanes of at least 4 members (excludes halogenated alkanes) is 9. The molecule has 0 radical (unpaired) electrons. The molecule has 0 bridgehead atoms. The number of furan rings is 1. The standard InChI is InChI=1S/C17H26O/c1-2-3-4-5-6-7-8-9-10-11-12-13-17-14-15-18-16-17/h1,14-16H,3-13H2. The second-order valence-electron chi connectivity index (χ2n) is 5.02. The van der Waals surface area contributed by atoms with Crippen molar-refractivity contribution in [3.63, 3.8) is 0 Å². The van der Waals surface area contributed by atoms with E-state index in [0.29, 0.717) is 0 Å². The molecule has 0 amide bonds. The number of hydrogen-bond acceptors (Lipinski definition) is 1. The second kappa shape index (κ2) is 11.0. The fourth-order valence-electron chi connectivity index (χ4n) is 2.23. The zero-order valence-electron chi connectivity index (χ0n) is 11.5. The third-order valence-electron chi connectivity index (χ3n) is 3.37. The smallest absolute Gasteiger partial charge is 0.0934 e. The predicted molar refractivity (Wildman–Crippen MR) is 77.4 cm³/mol. The molecule has 0 N–H and O–H groups in total. The summed E-state index contributed by atoms with van der Waals surface area (Å²) in [6.45, 7) is 0. The summed E-state index contributed by atoms with van der Waals surface area (Å²) in [5, 5.41) is 0. The molecule has 0 saturated heterocycles. The van der Waals surface area contributed by atoms with Crippen molar-refractivity contribution in [2.24, 2.45) is 0 Å². The molecule has 1 heteroatoms. The van der Waals surface area contributed by atoms with E-state index in [1.54, 1.807) is 6.26 Å². The lowest BCUT2D eigenvalue weighted by Crippen LogP contribution is -1.84. The van der Waals surface area contributed by atoms with Crippen LogP contribution in [0.1, 0.15) is 69.8 Å². The van der Waals surface area contributed by atoms with Gasteiger partial charge in [-0.15, -0.1) is 12.3 Å². The van der Waals surface area contributed by atoms with Gasteiger partial charge >= 0.3 is 0 Å². The average molecular weight is 246 g/mol. The Morgan fingerprint density at radius 3 is 2.06 bits per heavy atom. The second-order valence-corrected chi connectivity index (χ2v) is 5.02. The fraction of sp³-hybridized carbons (Fsp3) is 0.647. The first kappa shape index (κ1) is 14.9. The molecule has 0 aliphatic rings. The SMILES string of the molecule is C#CCCCCCCCCCCCc1ccoc1. The van der Waals surface area contributed by atoms with Gasteiger partial charge in [-0.05, 0) is 30.9 Å². The van der Waals surface area contributed by atoms with Gasteiger partial charge in [0.05, 0.1) is 12.5 Å². The minimum Gasteiger partial charge on any atom is -0.472 e. The van der Waals surface area contributed by atoms with Crippen molar-refractivity contribution < 1.29 is 4.42 Å². The van der Waals surface area contributed by atoms with Gasteiger partial charge in [0.1, 0.15) is 0 Å². The molecule has 1 aromatic rings. The minimum atomic E-state index is 0.952. The number of rotatable bonds is 11. The van der Waals surface area contributed by atoms with Crippen LogP contribution in [-0.4, -0.2) is 0 Å². The van der Waals surface area contributed by atoms with E-state index in [2.05, 4.69) is 12.0 Å². The molecule has 1 aromatic heterocycles. The molecule has 0 atom stereocenters. The summed E-state index contributed by atoms with van der Waals surface area (Å²) in [4.78, 5) is 0. The molecule has 1 rings (SSSR count). The largest absolute Gasteiger partial charge is 0.472 e. The summed E-state index contributed by atoms with van der Waals surface area (Å²) >= 11 is 0. The van der Waals surface area contributed by atoms with Crippen molar-refractivity contribution in [3.8, 4) is 12.3 Å². The lowest BCUT2D eigenvalue weighted by atomic mass is 10.0. The maximum absolute atomic E-state index is 5.22. The zero-order chi connectivity index (χ0) is 12.9. The van der Waals surface area contributed by atoms with Crippen LogP contribution in [0.5, 0.6) is 0 Å². The van der Waals surface area contributed by atoms with Crippen LogP contribution in [0, 0.1) is 12.3 Å². The molecule has 0 aliphatic heterocycles. The molecule has 0 unspecified atom stereocenters. The average Bonchev–Trinajstić information content (AvgIpc) is 2.89. The first-order chi connectivity index (χ1) is 8.93. The van der Waals surface area contributed by atoms with E-state index in [1.165, 1.54) is 69.8 Å². The van der Waals surface area contributed by atoms with E-state index in [0.717, 1.165) is 6.42 Å². The molecule has 0 aliphatic carbocycles. The molecule has 1 nitrogen and oxygen atoms in total. The first-order valence-electron chi connectivity index (χ1n) is 7.38. The Kier molecular flexibility index (Phi) is 9.07. The predicted octanol–water partition coefficient (Wildman–Crippen LogP) is 5.36. The topological polar surface area (TPSA) is 13.1 Å². The summed E-state index contributed by atoms with van der Waals surface area (Å²) in [7, 11) is 0. The monoisotopic (exact) mass is 246 g/mol. The Morgan fingerprint density at radius 1 is 0.889 bits per heavy atom. The van der Waals surface area contributed by atoms with Gasteiger partial charge in [-0.1, -0.05) is 44.9 Å². The van der Waals surface area contributed by atoms with Crippen LogP contribution in [0.15, 0.2) is 23.0 Å². The van der Waals surface area contributed by atoms with Crippen molar-refractivity contribution in [2.75, 3.05) is 0 Å². The van der Waals surface area contributed by atoms with E-state index < -0.39 is 0 Å². The molecular formula is C17H26O. The highest BCUT2D eigenvalue weighted by Crippen LogP contribution is 2.12. The summed E-state index contributed by atoms with van der Waals surface area (Å²) in [5.74, 6) is 2.70. The van der Waals surface area contributed by atoms with Gasteiger partial charge in [-0.2, -0.15) is 0 Å². The molecule has 0 saturated carbocycles. The highest BCUT2D eigenvalue weighted by molar-refractivity contribution is 5.04. The van der Waals surface area contributed by atoms with E-state index >= 15 is 0 Å². The van der Waals surface area contributed by atoms with Crippen molar-refractivity contribution in [1.29, 1.82) is 0 Å². The third kappa shape index (κ3) is 8.01. The first-order valence-corrected chi connectivity index (χ1v) is 7.38. The molecule has 0 spiro atoms. The van der Waals surface area contributed by atoms with Crippen molar-refractivity contribution >= 4 is 0 Å². The van der Waals surface area contributed by atoms with Crippen LogP contribution >= 0.6 is 0 Å². The Bertz CT molecular complexity index is 305. The lowest BCUT2D eigenvalue weighted by molar-refractivity contribution is 0.553. The van der Waals surface area contributed by atoms with Crippen LogP contribution in [0.25, 0.3) is 0 Å². The molecule has 1 heterocycles. The third-order valence-corrected chi connectivity index (χ3v) is 3.37. The van der Waals surface area contributed by atoms with Crippen molar-refractivity contribution in [1.82, 2.24) is 0 Å². The summed E-state index contributed by atoms with van der Waals surface area (Å²) < 4.78 is 5.05. The molecule has 100 valence electrons. The van der Waals surface area contributed by atoms with Crippen LogP contribution in [0.2, 0.25) is 0 Å². The number of terminal acetylenes is 1. The molecule has 0 aromatic carbocycles. The maximum atomic E-state index is 5.22. The van der Waals surface area contributed by atoms with Crippen LogP contribution in [-0.2, 0) is 6.42 Å². The van der Waals surface area contributed by atoms with E-state index in [9.17, 15) is 0 Å². The Labute approximate surface area is 112 Å². The van der Waals surface area contributed by atoms with Gasteiger partial charge in [0.25, 0.3) is 0 Å². The van der Waals surface area contributed by atoms with Gasteiger partial charge in [-0.25, -0.2) is 0 Å². The van der Waals surface area contributed by atoms with Crippen LogP contribution in [0.4, 0.5) is 0 Å². The maximum Gasteiger partial charge on any atom is 0.0934 e. The Morgan fingerprint density at radius 2 is 1.50 bits per heavy atom. The molecule has 0 fully saturated rings. The fourth-order valence-corrected chi connectivity index (χ4v) is 2.23. The summed E-state index contributed by atoms with van der Waals surface area (Å²) in [6.07, 6.45) is 23.0. The zero-order valence-corrected chi connectivity index (χ0v) is 11.5. The van der Waals surface area contributed by atoms with Crippen molar-refractivity contribution in [3.05, 3.63) is 24.2 Å². The summed E-state index contributed by atoms with van der Waals surface area (Å²) in [6, 6.07) is 2.07. The number of hydrogen-bond donors (Lipinski definition) is 0. The van der Waals surface area contributed by atoms with E-state index in [4.69, 9.17) is 10.8 Å². The van der Waals surface area contributed by atoms with Crippen molar-refractivity contribution in [2.45, 2.75) is 70.6 Å². The molecule has 18 heavy (non-hydrogen) atoms. The minimum absolute atomic E-state index is 0.952. The van der Waals surface area contributed by atoms with Gasteiger partial charge in [0.2, 0.25) is 0 Å².